The van der Waals surface area contributed by atoms with Crippen LogP contribution in [0.25, 0.3) is 0 Å². The van der Waals surface area contributed by atoms with Crippen molar-refractivity contribution in [2.75, 3.05) is 52.5 Å². The molecule has 16 heteroatoms. The van der Waals surface area contributed by atoms with Gasteiger partial charge in [-0.25, -0.2) is 4.99 Å². The minimum atomic E-state index is -4.74. The van der Waals surface area contributed by atoms with Gasteiger partial charge in [0.15, 0.2) is 0 Å². The number of carbonyl (C=O) groups is 3. The maximum absolute atomic E-state index is 12.9. The third kappa shape index (κ3) is 10.4. The van der Waals surface area contributed by atoms with Crippen LogP contribution in [-0.2, 0) is 27.2 Å². The van der Waals surface area contributed by atoms with Gasteiger partial charge in [0.2, 0.25) is 5.91 Å². The molecule has 0 bridgehead atoms. The second-order valence-corrected chi connectivity index (χ2v) is 12.9. The number of allylic oxidation sites excluding steroid dienone is 1. The van der Waals surface area contributed by atoms with E-state index in [1.54, 1.807) is 31.2 Å². The highest BCUT2D eigenvalue weighted by Gasteiger charge is 2.37. The summed E-state index contributed by atoms with van der Waals surface area (Å²) in [5.74, 6) is -0.937. The number of likely N-dealkylation sites (tertiary alicyclic amines) is 1. The molecule has 2 aromatic carbocycles. The normalized spacial score (nSPS) is 20.3. The van der Waals surface area contributed by atoms with Crippen LogP contribution in [0.4, 0.5) is 18.9 Å². The molecule has 1 aromatic heterocycles. The summed E-state index contributed by atoms with van der Waals surface area (Å²) in [6.07, 6.45) is -0.827. The molecular weight excluding hydrogens is 703 g/mol. The number of piperidine rings is 1. The van der Waals surface area contributed by atoms with Gasteiger partial charge in [0.05, 0.1) is 24.9 Å². The molecule has 3 fully saturated rings. The Labute approximate surface area is 312 Å². The van der Waals surface area contributed by atoms with Crippen LogP contribution in [-0.4, -0.2) is 113 Å². The molecule has 3 aliphatic rings. The van der Waals surface area contributed by atoms with E-state index in [0.29, 0.717) is 35.9 Å². The van der Waals surface area contributed by atoms with Crippen LogP contribution in [0.1, 0.15) is 36.3 Å². The fourth-order valence-corrected chi connectivity index (χ4v) is 6.15. The van der Waals surface area contributed by atoms with Gasteiger partial charge in [0.1, 0.15) is 17.6 Å². The molecule has 4 heterocycles. The van der Waals surface area contributed by atoms with Gasteiger partial charge in [-0.05, 0) is 37.6 Å². The standard InChI is InChI=1S/C19H19F3N6O2.C19H27N3O2/c1-2-27-16(24-13-6-4-3-5-7-13)12(11-23)10-15(18(27)30)25-17(29)14-8-9-28(26-14)19(20,21)22;1-2-17(19(23)20-12-16-6-4-3-5-7-16)13-21-8-10-22(11-9-21)18-14-24-15-18/h3-9,11,15H,2,10,23H2,1H3,(H,25,29);2-7,18H,8-15H2,1H3,(H,20,23)/b12-11-,24-16?;17-2+. The Hall–Kier alpha value is -5.32. The number of carbonyl (C=O) groups excluding carboxylic acids is 3. The van der Waals surface area contributed by atoms with Crippen molar-refractivity contribution in [3.63, 3.8) is 0 Å². The average Bonchev–Trinajstić information content (AvgIpc) is 3.67. The molecule has 0 spiro atoms. The van der Waals surface area contributed by atoms with Crippen LogP contribution in [0.3, 0.4) is 0 Å². The highest BCUT2D eigenvalue weighted by atomic mass is 19.4. The van der Waals surface area contributed by atoms with E-state index in [1.165, 1.54) is 11.1 Å². The number of ether oxygens (including phenoxy) is 1. The van der Waals surface area contributed by atoms with Crippen molar-refractivity contribution in [1.82, 2.24) is 35.1 Å². The lowest BCUT2D eigenvalue weighted by molar-refractivity contribution is -0.212. The highest BCUT2D eigenvalue weighted by Crippen LogP contribution is 2.24. The summed E-state index contributed by atoms with van der Waals surface area (Å²) in [6, 6.07) is 19.5. The first kappa shape index (κ1) is 39.9. The van der Waals surface area contributed by atoms with Crippen molar-refractivity contribution < 1.29 is 32.3 Å². The lowest BCUT2D eigenvalue weighted by Crippen LogP contribution is -2.56. The summed E-state index contributed by atoms with van der Waals surface area (Å²) in [5.41, 5.74) is 8.40. The molecule has 4 N–H and O–H groups in total. The summed E-state index contributed by atoms with van der Waals surface area (Å²) in [6.45, 7) is 11.2. The number of nitrogens with two attached hydrogens (primary N) is 1. The maximum Gasteiger partial charge on any atom is 0.504 e. The number of amides is 3. The highest BCUT2D eigenvalue weighted by molar-refractivity contribution is 6.13. The zero-order chi connectivity index (χ0) is 38.7. The molecule has 3 amide bonds. The quantitative estimate of drug-likeness (QED) is 0.267. The van der Waals surface area contributed by atoms with Crippen molar-refractivity contribution in [2.45, 2.75) is 45.2 Å². The smallest absolute Gasteiger partial charge is 0.404 e. The number of halogens is 3. The molecular formula is C38H46F3N9O4. The summed E-state index contributed by atoms with van der Waals surface area (Å²) < 4.78 is 43.0. The van der Waals surface area contributed by atoms with Gasteiger partial charge in [0.25, 0.3) is 11.8 Å². The minimum Gasteiger partial charge on any atom is -0.404 e. The molecule has 13 nitrogen and oxygen atoms in total. The number of piperazine rings is 1. The van der Waals surface area contributed by atoms with Crippen molar-refractivity contribution in [1.29, 1.82) is 0 Å². The number of para-hydroxylation sites is 1. The second-order valence-electron chi connectivity index (χ2n) is 12.9. The van der Waals surface area contributed by atoms with E-state index < -0.39 is 29.9 Å². The summed E-state index contributed by atoms with van der Waals surface area (Å²) >= 11 is 0. The third-order valence-corrected chi connectivity index (χ3v) is 9.30. The molecule has 0 aliphatic carbocycles. The Bertz CT molecular complexity index is 1820. The van der Waals surface area contributed by atoms with Gasteiger partial charge in [-0.1, -0.05) is 54.6 Å². The Balaban J connectivity index is 0.000000213. The van der Waals surface area contributed by atoms with Crippen LogP contribution in [0.5, 0.6) is 0 Å². The van der Waals surface area contributed by atoms with E-state index in [-0.39, 0.29) is 23.6 Å². The number of hydrogen-bond acceptors (Lipinski definition) is 9. The molecule has 0 radical (unpaired) electrons. The van der Waals surface area contributed by atoms with Crippen LogP contribution in [0.15, 0.2) is 101 Å². The lowest BCUT2D eigenvalue weighted by Gasteiger charge is -2.42. The van der Waals surface area contributed by atoms with Crippen LogP contribution in [0.2, 0.25) is 0 Å². The van der Waals surface area contributed by atoms with Gasteiger partial charge >= 0.3 is 6.30 Å². The van der Waals surface area contributed by atoms with E-state index in [2.05, 4.69) is 30.5 Å². The lowest BCUT2D eigenvalue weighted by atomic mass is 9.98. The van der Waals surface area contributed by atoms with Crippen molar-refractivity contribution in [2.24, 2.45) is 10.7 Å². The maximum atomic E-state index is 12.9. The molecule has 1 unspecified atom stereocenters. The van der Waals surface area contributed by atoms with E-state index >= 15 is 0 Å². The Morgan fingerprint density at radius 2 is 1.69 bits per heavy atom. The Morgan fingerprint density at radius 3 is 2.24 bits per heavy atom. The van der Waals surface area contributed by atoms with Crippen LogP contribution in [0, 0.1) is 0 Å². The molecule has 3 aliphatic heterocycles. The molecule has 6 rings (SSSR count). The molecule has 288 valence electrons. The molecule has 1 atom stereocenters. The second kappa shape index (κ2) is 18.6. The molecule has 54 heavy (non-hydrogen) atoms. The Kier molecular flexibility index (Phi) is 13.8. The van der Waals surface area contributed by atoms with Gasteiger partial charge in [0, 0.05) is 75.8 Å². The molecule has 3 aromatic rings. The number of aliphatic imine (C=N–C) groups is 1. The fraction of sp³-hybridized carbons (Fsp3) is 0.395. The largest absolute Gasteiger partial charge is 0.504 e. The summed E-state index contributed by atoms with van der Waals surface area (Å²) in [7, 11) is 0. The fourth-order valence-electron chi connectivity index (χ4n) is 6.15. The number of alkyl halides is 3. The number of amidine groups is 1. The number of nitrogens with zero attached hydrogens (tertiary/aromatic N) is 6. The Morgan fingerprint density at radius 1 is 1.02 bits per heavy atom. The summed E-state index contributed by atoms with van der Waals surface area (Å²) in [5, 5.41) is 8.67. The minimum absolute atomic E-state index is 0.0381. The number of likely N-dealkylation sites (N-methyl/N-ethyl adjacent to an activating group) is 1. The summed E-state index contributed by atoms with van der Waals surface area (Å²) in [4.78, 5) is 48.4. The number of benzene rings is 2. The molecule has 3 saturated heterocycles. The van der Waals surface area contributed by atoms with Crippen molar-refractivity contribution in [3.8, 4) is 0 Å². The van der Waals surface area contributed by atoms with Gasteiger partial charge in [-0.2, -0.15) is 9.78 Å². The van der Waals surface area contributed by atoms with Gasteiger partial charge in [-0.3, -0.25) is 29.1 Å². The average molecular weight is 750 g/mol. The van der Waals surface area contributed by atoms with Crippen molar-refractivity contribution >= 4 is 29.2 Å². The number of aromatic nitrogens is 2. The van der Waals surface area contributed by atoms with Crippen LogP contribution < -0.4 is 16.4 Å². The number of nitrogens with one attached hydrogen (secondary N) is 2. The first-order chi connectivity index (χ1) is 26.0. The third-order valence-electron chi connectivity index (χ3n) is 9.30. The van der Waals surface area contributed by atoms with Crippen molar-refractivity contribution in [3.05, 3.63) is 108 Å². The first-order valence-corrected chi connectivity index (χ1v) is 17.8. The van der Waals surface area contributed by atoms with E-state index in [4.69, 9.17) is 10.5 Å². The zero-order valence-corrected chi connectivity index (χ0v) is 30.3. The predicted molar refractivity (Wildman–Crippen MR) is 197 cm³/mol. The SMILES string of the molecule is C/C=C(\CN1CCN(C2COC2)CC1)C(=O)NCc1ccccc1.CCN1C(=O)C(NC(=O)c2ccn(C(F)(F)F)n2)C/C(=C/N)C1=Nc1ccccc1. The van der Waals surface area contributed by atoms with Gasteiger partial charge in [-0.15, -0.1) is 13.2 Å². The zero-order valence-electron chi connectivity index (χ0n) is 30.3. The molecule has 0 saturated carbocycles. The van der Waals surface area contributed by atoms with E-state index in [0.717, 1.165) is 63.1 Å². The monoisotopic (exact) mass is 749 g/mol. The topological polar surface area (TPSA) is 150 Å². The van der Waals surface area contributed by atoms with E-state index in [1.807, 2.05) is 49.4 Å². The number of rotatable bonds is 10. The first-order valence-electron chi connectivity index (χ1n) is 17.8. The predicted octanol–water partition coefficient (Wildman–Crippen LogP) is 3.55. The van der Waals surface area contributed by atoms with Gasteiger partial charge < -0.3 is 21.1 Å². The van der Waals surface area contributed by atoms with Crippen LogP contribution >= 0.6 is 0 Å². The van der Waals surface area contributed by atoms with E-state index in [9.17, 15) is 27.6 Å². The number of hydrogen-bond donors (Lipinski definition) is 3.